The maximum absolute atomic E-state index is 11.7. The van der Waals surface area contributed by atoms with Crippen molar-refractivity contribution in [1.82, 2.24) is 16.0 Å². The van der Waals surface area contributed by atoms with Crippen LogP contribution in [0.5, 0.6) is 0 Å². The number of thiophene rings is 1. The quantitative estimate of drug-likeness (QED) is 0.519. The summed E-state index contributed by atoms with van der Waals surface area (Å²) < 4.78 is 0. The molecule has 0 saturated heterocycles. The summed E-state index contributed by atoms with van der Waals surface area (Å²) in [7, 11) is 0. The number of hydrogen-bond acceptors (Lipinski definition) is 5. The zero-order valence-electron chi connectivity index (χ0n) is 11.3. The lowest BCUT2D eigenvalue weighted by Crippen LogP contribution is -2.42. The molecule has 1 aromatic heterocycles. The van der Waals surface area contributed by atoms with Gasteiger partial charge in [-0.15, -0.1) is 11.3 Å². The zero-order valence-corrected chi connectivity index (χ0v) is 12.1. The van der Waals surface area contributed by atoms with Gasteiger partial charge in [-0.05, 0) is 19.1 Å². The minimum atomic E-state index is -1.17. The lowest BCUT2D eigenvalue weighted by atomic mass is 10.4. The second kappa shape index (κ2) is 8.00. The highest BCUT2D eigenvalue weighted by atomic mass is 32.1. The SMILES string of the molecule is Cc1ccc(C(=O)NCC(=O)NCC(=O)NCC(=O)O)s1. The van der Waals surface area contributed by atoms with Gasteiger partial charge < -0.3 is 21.1 Å². The van der Waals surface area contributed by atoms with Gasteiger partial charge in [-0.1, -0.05) is 0 Å². The number of hydrogen-bond donors (Lipinski definition) is 4. The molecule has 8 nitrogen and oxygen atoms in total. The van der Waals surface area contributed by atoms with Gasteiger partial charge in [-0.2, -0.15) is 0 Å². The molecular formula is C12H15N3O5S. The minimum Gasteiger partial charge on any atom is -0.480 e. The highest BCUT2D eigenvalue weighted by molar-refractivity contribution is 7.13. The van der Waals surface area contributed by atoms with Crippen LogP contribution in [0.4, 0.5) is 0 Å². The van der Waals surface area contributed by atoms with Crippen molar-refractivity contribution in [2.75, 3.05) is 19.6 Å². The summed E-state index contributed by atoms with van der Waals surface area (Å²) in [5.41, 5.74) is 0. The van der Waals surface area contributed by atoms with E-state index in [1.54, 1.807) is 12.1 Å². The number of amides is 3. The molecule has 0 aliphatic rings. The number of carboxylic acid groups (broad SMARTS) is 1. The first-order valence-electron chi connectivity index (χ1n) is 5.98. The summed E-state index contributed by atoms with van der Waals surface area (Å²) in [6.45, 7) is 0.745. The summed E-state index contributed by atoms with van der Waals surface area (Å²) >= 11 is 1.31. The van der Waals surface area contributed by atoms with E-state index in [-0.39, 0.29) is 19.0 Å². The van der Waals surface area contributed by atoms with Gasteiger partial charge in [-0.3, -0.25) is 19.2 Å². The largest absolute Gasteiger partial charge is 0.480 e. The maximum Gasteiger partial charge on any atom is 0.322 e. The Labute approximate surface area is 124 Å². The van der Waals surface area contributed by atoms with Gasteiger partial charge >= 0.3 is 5.97 Å². The summed E-state index contributed by atoms with van der Waals surface area (Å²) in [6.07, 6.45) is 0. The van der Waals surface area contributed by atoms with Crippen LogP contribution in [0.1, 0.15) is 14.5 Å². The molecule has 1 rings (SSSR count). The lowest BCUT2D eigenvalue weighted by molar-refractivity contribution is -0.137. The van der Waals surface area contributed by atoms with Crippen LogP contribution >= 0.6 is 11.3 Å². The van der Waals surface area contributed by atoms with Gasteiger partial charge in [0.1, 0.15) is 6.54 Å². The fraction of sp³-hybridized carbons (Fsp3) is 0.333. The Bertz CT molecular complexity index is 555. The second-order valence-corrected chi connectivity index (χ2v) is 5.33. The number of nitrogens with one attached hydrogen (secondary N) is 3. The molecule has 0 bridgehead atoms. The molecule has 21 heavy (non-hydrogen) atoms. The Morgan fingerprint density at radius 1 is 1.00 bits per heavy atom. The Balaban J connectivity index is 2.23. The van der Waals surface area contributed by atoms with Crippen molar-refractivity contribution in [1.29, 1.82) is 0 Å². The fourth-order valence-corrected chi connectivity index (χ4v) is 2.07. The first-order chi connectivity index (χ1) is 9.88. The molecule has 3 amide bonds. The van der Waals surface area contributed by atoms with Crippen LogP contribution in [0.25, 0.3) is 0 Å². The highest BCUT2D eigenvalue weighted by Gasteiger charge is 2.11. The maximum atomic E-state index is 11.7. The molecule has 0 aliphatic heterocycles. The van der Waals surface area contributed by atoms with Gasteiger partial charge in [0.2, 0.25) is 11.8 Å². The fourth-order valence-electron chi connectivity index (χ4n) is 1.28. The van der Waals surface area contributed by atoms with Crippen molar-refractivity contribution in [2.24, 2.45) is 0 Å². The van der Waals surface area contributed by atoms with Gasteiger partial charge in [0.25, 0.3) is 5.91 Å². The van der Waals surface area contributed by atoms with E-state index in [1.807, 2.05) is 6.92 Å². The molecule has 0 radical (unpaired) electrons. The molecule has 114 valence electrons. The van der Waals surface area contributed by atoms with E-state index in [1.165, 1.54) is 11.3 Å². The van der Waals surface area contributed by atoms with Crippen LogP contribution in [-0.2, 0) is 14.4 Å². The third-order valence-electron chi connectivity index (χ3n) is 2.26. The van der Waals surface area contributed by atoms with E-state index in [4.69, 9.17) is 5.11 Å². The van der Waals surface area contributed by atoms with E-state index < -0.39 is 24.3 Å². The molecule has 0 atom stereocenters. The normalized spacial score (nSPS) is 9.76. The summed E-state index contributed by atoms with van der Waals surface area (Å²) in [5.74, 6) is -2.69. The molecule has 0 fully saturated rings. The molecular weight excluding hydrogens is 298 g/mol. The molecule has 0 unspecified atom stereocenters. The van der Waals surface area contributed by atoms with Crippen molar-refractivity contribution in [2.45, 2.75) is 6.92 Å². The molecule has 0 aliphatic carbocycles. The number of aryl methyl sites for hydroxylation is 1. The lowest BCUT2D eigenvalue weighted by Gasteiger charge is -2.06. The van der Waals surface area contributed by atoms with E-state index >= 15 is 0 Å². The molecule has 1 heterocycles. The van der Waals surface area contributed by atoms with E-state index in [9.17, 15) is 19.2 Å². The van der Waals surface area contributed by atoms with E-state index in [0.29, 0.717) is 4.88 Å². The van der Waals surface area contributed by atoms with Crippen LogP contribution < -0.4 is 16.0 Å². The van der Waals surface area contributed by atoms with Crippen LogP contribution in [0, 0.1) is 6.92 Å². The molecule has 1 aromatic rings. The number of rotatable bonds is 7. The second-order valence-electron chi connectivity index (χ2n) is 4.04. The van der Waals surface area contributed by atoms with Crippen molar-refractivity contribution >= 4 is 35.0 Å². The number of carbonyl (C=O) groups excluding carboxylic acids is 3. The average molecular weight is 313 g/mol. The zero-order chi connectivity index (χ0) is 15.8. The van der Waals surface area contributed by atoms with Gasteiger partial charge in [0.15, 0.2) is 0 Å². The first kappa shape index (κ1) is 16.6. The molecule has 4 N–H and O–H groups in total. The average Bonchev–Trinajstić information content (AvgIpc) is 2.86. The molecule has 0 aromatic carbocycles. The van der Waals surface area contributed by atoms with Gasteiger partial charge in [0.05, 0.1) is 18.0 Å². The molecule has 0 spiro atoms. The Kier molecular flexibility index (Phi) is 6.34. The predicted octanol–water partition coefficient (Wildman–Crippen LogP) is -0.897. The number of carbonyl (C=O) groups is 4. The molecule has 9 heteroatoms. The third kappa shape index (κ3) is 6.52. The first-order valence-corrected chi connectivity index (χ1v) is 6.80. The van der Waals surface area contributed by atoms with Crippen molar-refractivity contribution in [3.63, 3.8) is 0 Å². The van der Waals surface area contributed by atoms with Crippen molar-refractivity contribution in [3.05, 3.63) is 21.9 Å². The van der Waals surface area contributed by atoms with Crippen LogP contribution in [-0.4, -0.2) is 48.4 Å². The monoisotopic (exact) mass is 313 g/mol. The standard InChI is InChI=1S/C12H15N3O5S/c1-7-2-3-8(21-7)12(20)15-5-10(17)13-4-9(16)14-6-11(18)19/h2-3H,4-6H2,1H3,(H,13,17)(H,14,16)(H,15,20)(H,18,19). The van der Waals surface area contributed by atoms with Crippen molar-refractivity contribution < 1.29 is 24.3 Å². The Morgan fingerprint density at radius 2 is 1.57 bits per heavy atom. The Hall–Kier alpha value is -2.42. The summed E-state index contributed by atoms with van der Waals surface area (Å²) in [4.78, 5) is 45.9. The van der Waals surface area contributed by atoms with E-state index in [2.05, 4.69) is 16.0 Å². The summed E-state index contributed by atoms with van der Waals surface area (Å²) in [5, 5.41) is 15.1. The van der Waals surface area contributed by atoms with Crippen LogP contribution in [0.15, 0.2) is 12.1 Å². The molecule has 0 saturated carbocycles. The minimum absolute atomic E-state index is 0.262. The summed E-state index contributed by atoms with van der Waals surface area (Å²) in [6, 6.07) is 3.46. The van der Waals surface area contributed by atoms with Crippen LogP contribution in [0.2, 0.25) is 0 Å². The number of carboxylic acids is 1. The van der Waals surface area contributed by atoms with Gasteiger partial charge in [-0.25, -0.2) is 0 Å². The Morgan fingerprint density at radius 3 is 2.10 bits per heavy atom. The number of aliphatic carboxylic acids is 1. The third-order valence-corrected chi connectivity index (χ3v) is 3.26. The topological polar surface area (TPSA) is 125 Å². The van der Waals surface area contributed by atoms with Crippen molar-refractivity contribution in [3.8, 4) is 0 Å². The van der Waals surface area contributed by atoms with Crippen LogP contribution in [0.3, 0.4) is 0 Å². The highest BCUT2D eigenvalue weighted by Crippen LogP contribution is 2.14. The predicted molar refractivity (Wildman–Crippen MR) is 75.0 cm³/mol. The van der Waals surface area contributed by atoms with Gasteiger partial charge in [0, 0.05) is 4.88 Å². The smallest absolute Gasteiger partial charge is 0.322 e. The van der Waals surface area contributed by atoms with E-state index in [0.717, 1.165) is 4.88 Å².